The summed E-state index contributed by atoms with van der Waals surface area (Å²) >= 11 is 0. The second kappa shape index (κ2) is 5.90. The number of carbonyl (C=O) groups excluding carboxylic acids is 1. The largest absolute Gasteiger partial charge is 0.490 e. The highest BCUT2D eigenvalue weighted by Crippen LogP contribution is 2.35. The lowest BCUT2D eigenvalue weighted by Gasteiger charge is -2.30. The standard InChI is InChI=1S/C17H16FNO4S/c1-11-9-12(18)3-5-14(11)17(20)19-7-8-23-16-6-4-13(10-15(16)19)24(2,21)22/h3-6,9-10H,7-8H2,1-2H3. The SMILES string of the molecule is Cc1cc(F)ccc1C(=O)N1CCOc2ccc(S(C)(=O)=O)cc21. The number of hydrogen-bond donors (Lipinski definition) is 0. The Bertz CT molecular complexity index is 924. The Morgan fingerprint density at radius 1 is 1.21 bits per heavy atom. The minimum absolute atomic E-state index is 0.111. The molecule has 0 saturated heterocycles. The van der Waals surface area contributed by atoms with E-state index in [0.29, 0.717) is 29.2 Å². The third-order valence-electron chi connectivity index (χ3n) is 3.89. The lowest BCUT2D eigenvalue weighted by atomic mass is 10.1. The van der Waals surface area contributed by atoms with E-state index in [4.69, 9.17) is 4.74 Å². The molecule has 126 valence electrons. The number of halogens is 1. The first-order chi connectivity index (χ1) is 11.3. The number of sulfone groups is 1. The van der Waals surface area contributed by atoms with Crippen molar-refractivity contribution in [2.24, 2.45) is 0 Å². The van der Waals surface area contributed by atoms with E-state index in [-0.39, 0.29) is 17.3 Å². The molecule has 0 spiro atoms. The molecule has 0 saturated carbocycles. The molecule has 0 unspecified atom stereocenters. The van der Waals surface area contributed by atoms with Gasteiger partial charge in [-0.25, -0.2) is 12.8 Å². The number of nitrogens with zero attached hydrogens (tertiary/aromatic N) is 1. The van der Waals surface area contributed by atoms with Gasteiger partial charge >= 0.3 is 0 Å². The van der Waals surface area contributed by atoms with E-state index in [9.17, 15) is 17.6 Å². The van der Waals surface area contributed by atoms with Crippen molar-refractivity contribution in [1.29, 1.82) is 0 Å². The van der Waals surface area contributed by atoms with Crippen molar-refractivity contribution in [2.45, 2.75) is 11.8 Å². The van der Waals surface area contributed by atoms with Crippen LogP contribution in [-0.4, -0.2) is 33.7 Å². The zero-order chi connectivity index (χ0) is 17.5. The topological polar surface area (TPSA) is 63.7 Å². The molecule has 2 aromatic rings. The molecule has 2 aromatic carbocycles. The first-order valence-electron chi connectivity index (χ1n) is 7.32. The molecule has 1 amide bonds. The van der Waals surface area contributed by atoms with Crippen LogP contribution in [0.25, 0.3) is 0 Å². The van der Waals surface area contributed by atoms with Crippen molar-refractivity contribution >= 4 is 21.4 Å². The molecular formula is C17H16FNO4S. The minimum atomic E-state index is -3.41. The lowest BCUT2D eigenvalue weighted by Crippen LogP contribution is -2.38. The van der Waals surface area contributed by atoms with Crippen molar-refractivity contribution in [3.8, 4) is 5.75 Å². The number of carbonyl (C=O) groups is 1. The molecule has 24 heavy (non-hydrogen) atoms. The highest BCUT2D eigenvalue weighted by Gasteiger charge is 2.27. The van der Waals surface area contributed by atoms with Crippen LogP contribution in [-0.2, 0) is 9.84 Å². The van der Waals surface area contributed by atoms with E-state index >= 15 is 0 Å². The molecule has 0 bridgehead atoms. The second-order valence-electron chi connectivity index (χ2n) is 5.67. The van der Waals surface area contributed by atoms with Crippen LogP contribution in [0, 0.1) is 12.7 Å². The van der Waals surface area contributed by atoms with Gasteiger partial charge in [0.1, 0.15) is 18.2 Å². The van der Waals surface area contributed by atoms with Gasteiger partial charge in [-0.05, 0) is 48.9 Å². The average Bonchev–Trinajstić information content (AvgIpc) is 2.52. The normalized spacial score (nSPS) is 14.0. The van der Waals surface area contributed by atoms with Crippen LogP contribution in [0.5, 0.6) is 5.75 Å². The van der Waals surface area contributed by atoms with Gasteiger partial charge in [0.15, 0.2) is 9.84 Å². The van der Waals surface area contributed by atoms with Crippen molar-refractivity contribution < 1.29 is 22.3 Å². The summed E-state index contributed by atoms with van der Waals surface area (Å²) in [6, 6.07) is 8.38. The molecule has 0 aromatic heterocycles. The monoisotopic (exact) mass is 349 g/mol. The smallest absolute Gasteiger partial charge is 0.258 e. The Hall–Kier alpha value is -2.41. The number of anilines is 1. The Morgan fingerprint density at radius 3 is 2.62 bits per heavy atom. The Kier molecular flexibility index (Phi) is 4.04. The fraction of sp³-hybridized carbons (Fsp3) is 0.235. The van der Waals surface area contributed by atoms with Crippen molar-refractivity contribution in [3.63, 3.8) is 0 Å². The molecule has 1 aliphatic heterocycles. The number of rotatable bonds is 2. The molecule has 1 aliphatic rings. The zero-order valence-electron chi connectivity index (χ0n) is 13.2. The molecule has 0 aliphatic carbocycles. The fourth-order valence-electron chi connectivity index (χ4n) is 2.65. The predicted octanol–water partition coefficient (Wildman–Crippen LogP) is 2.58. The highest BCUT2D eigenvalue weighted by atomic mass is 32.2. The molecular weight excluding hydrogens is 333 g/mol. The van der Waals surface area contributed by atoms with E-state index in [1.807, 2.05) is 0 Å². The van der Waals surface area contributed by atoms with Crippen LogP contribution in [0.3, 0.4) is 0 Å². The highest BCUT2D eigenvalue weighted by molar-refractivity contribution is 7.90. The maximum absolute atomic E-state index is 13.3. The second-order valence-corrected chi connectivity index (χ2v) is 7.68. The summed E-state index contributed by atoms with van der Waals surface area (Å²) in [7, 11) is -3.41. The van der Waals surface area contributed by atoms with Gasteiger partial charge in [0.2, 0.25) is 0 Å². The molecule has 7 heteroatoms. The van der Waals surface area contributed by atoms with Gasteiger partial charge in [-0.2, -0.15) is 0 Å². The first kappa shape index (κ1) is 16.4. The van der Waals surface area contributed by atoms with Gasteiger partial charge in [-0.1, -0.05) is 0 Å². The van der Waals surface area contributed by atoms with Crippen molar-refractivity contribution in [3.05, 3.63) is 53.3 Å². The van der Waals surface area contributed by atoms with E-state index in [0.717, 1.165) is 6.26 Å². The Labute approximate surface area is 139 Å². The number of ether oxygens (including phenoxy) is 1. The van der Waals surface area contributed by atoms with Gasteiger partial charge in [0.25, 0.3) is 5.91 Å². The summed E-state index contributed by atoms with van der Waals surface area (Å²) in [5.41, 5.74) is 1.29. The van der Waals surface area contributed by atoms with E-state index in [1.165, 1.54) is 35.2 Å². The van der Waals surface area contributed by atoms with Gasteiger partial charge < -0.3 is 9.64 Å². The quantitative estimate of drug-likeness (QED) is 0.836. The van der Waals surface area contributed by atoms with Crippen molar-refractivity contribution in [2.75, 3.05) is 24.3 Å². The van der Waals surface area contributed by atoms with E-state index in [2.05, 4.69) is 0 Å². The third kappa shape index (κ3) is 2.99. The predicted molar refractivity (Wildman–Crippen MR) is 87.9 cm³/mol. The number of hydrogen-bond acceptors (Lipinski definition) is 4. The molecule has 0 atom stereocenters. The van der Waals surface area contributed by atoms with Crippen LogP contribution < -0.4 is 9.64 Å². The number of aryl methyl sites for hydroxylation is 1. The van der Waals surface area contributed by atoms with Gasteiger partial charge in [-0.3, -0.25) is 4.79 Å². The first-order valence-corrected chi connectivity index (χ1v) is 9.21. The third-order valence-corrected chi connectivity index (χ3v) is 5.00. The zero-order valence-corrected chi connectivity index (χ0v) is 14.1. The van der Waals surface area contributed by atoms with Gasteiger partial charge in [0, 0.05) is 11.8 Å². The summed E-state index contributed by atoms with van der Waals surface area (Å²) in [5, 5.41) is 0. The molecule has 0 N–H and O–H groups in total. The summed E-state index contributed by atoms with van der Waals surface area (Å²) in [6.45, 7) is 2.25. The maximum Gasteiger partial charge on any atom is 0.258 e. The Balaban J connectivity index is 2.07. The molecule has 1 heterocycles. The summed E-state index contributed by atoms with van der Waals surface area (Å²) in [5.74, 6) is -0.282. The molecule has 0 fully saturated rings. The average molecular weight is 349 g/mol. The maximum atomic E-state index is 13.3. The van der Waals surface area contributed by atoms with Crippen LogP contribution in [0.4, 0.5) is 10.1 Å². The summed E-state index contributed by atoms with van der Waals surface area (Å²) in [4.78, 5) is 14.4. The molecule has 0 radical (unpaired) electrons. The number of benzene rings is 2. The summed E-state index contributed by atoms with van der Waals surface area (Å²) < 4.78 is 42.3. The fourth-order valence-corrected chi connectivity index (χ4v) is 3.29. The lowest BCUT2D eigenvalue weighted by molar-refractivity contribution is 0.0976. The molecule has 3 rings (SSSR count). The van der Waals surface area contributed by atoms with Crippen LogP contribution in [0.15, 0.2) is 41.3 Å². The van der Waals surface area contributed by atoms with Gasteiger partial charge in [-0.15, -0.1) is 0 Å². The summed E-state index contributed by atoms with van der Waals surface area (Å²) in [6.07, 6.45) is 1.11. The van der Waals surface area contributed by atoms with Crippen LogP contribution in [0.1, 0.15) is 15.9 Å². The van der Waals surface area contributed by atoms with Crippen molar-refractivity contribution in [1.82, 2.24) is 0 Å². The minimum Gasteiger partial charge on any atom is -0.490 e. The van der Waals surface area contributed by atoms with E-state index < -0.39 is 15.7 Å². The van der Waals surface area contributed by atoms with Crippen LogP contribution in [0.2, 0.25) is 0 Å². The van der Waals surface area contributed by atoms with Crippen LogP contribution >= 0.6 is 0 Å². The number of fused-ring (bicyclic) bond motifs is 1. The Morgan fingerprint density at radius 2 is 1.96 bits per heavy atom. The molecule has 5 nitrogen and oxygen atoms in total. The van der Waals surface area contributed by atoms with E-state index in [1.54, 1.807) is 13.0 Å². The number of amides is 1. The van der Waals surface area contributed by atoms with Gasteiger partial charge in [0.05, 0.1) is 17.1 Å².